The normalized spacial score (nSPS) is 11.2. The van der Waals surface area contributed by atoms with E-state index in [0.717, 1.165) is 40.8 Å². The number of aromatic nitrogens is 1. The first-order chi connectivity index (χ1) is 13.8. The van der Waals surface area contributed by atoms with Crippen molar-refractivity contribution in [2.24, 2.45) is 0 Å². The van der Waals surface area contributed by atoms with Crippen molar-refractivity contribution in [3.63, 3.8) is 0 Å². The van der Waals surface area contributed by atoms with Crippen molar-refractivity contribution in [2.75, 3.05) is 6.54 Å². The number of halogens is 1. The molecule has 1 N–H and O–H groups in total. The lowest BCUT2D eigenvalue weighted by Crippen LogP contribution is -2.28. The molecule has 0 fully saturated rings. The van der Waals surface area contributed by atoms with E-state index < -0.39 is 0 Å². The third-order valence-electron chi connectivity index (χ3n) is 4.86. The average molecular weight is 399 g/mol. The van der Waals surface area contributed by atoms with Crippen LogP contribution in [0, 0.1) is 5.82 Å². The van der Waals surface area contributed by atoms with Gasteiger partial charge in [-0.3, -0.25) is 9.78 Å². The summed E-state index contributed by atoms with van der Waals surface area (Å²) in [6, 6.07) is 6.19. The van der Waals surface area contributed by atoms with Crippen LogP contribution in [0.4, 0.5) is 4.39 Å². The van der Waals surface area contributed by atoms with Gasteiger partial charge < -0.3 is 10.1 Å². The van der Waals surface area contributed by atoms with Gasteiger partial charge in [-0.1, -0.05) is 46.8 Å². The molecule has 0 bridgehead atoms. The van der Waals surface area contributed by atoms with Crippen molar-refractivity contribution < 1.29 is 14.0 Å². The molecule has 0 aliphatic rings. The molecule has 0 saturated heterocycles. The van der Waals surface area contributed by atoms with Crippen LogP contribution in [-0.4, -0.2) is 23.7 Å². The van der Waals surface area contributed by atoms with E-state index in [2.05, 4.69) is 19.2 Å². The van der Waals surface area contributed by atoms with Gasteiger partial charge in [0, 0.05) is 24.2 Å². The fraction of sp³-hybridized carbons (Fsp3) is 0.458. The number of nitrogens with one attached hydrogen (secondary N) is 1. The van der Waals surface area contributed by atoms with E-state index in [4.69, 9.17) is 4.98 Å². The van der Waals surface area contributed by atoms with E-state index in [9.17, 15) is 14.0 Å². The highest BCUT2D eigenvalue weighted by molar-refractivity contribution is 6.03. The van der Waals surface area contributed by atoms with Gasteiger partial charge in [-0.15, -0.1) is 0 Å². The SMILES string of the molecule is CCCNC(=O)c1c(C(C)C)nc(C(C)C)c(CCC=O)c1-c1ccc(F)cc1. The van der Waals surface area contributed by atoms with Crippen molar-refractivity contribution in [3.8, 4) is 11.1 Å². The van der Waals surface area contributed by atoms with Gasteiger partial charge in [0.1, 0.15) is 12.1 Å². The largest absolute Gasteiger partial charge is 0.352 e. The van der Waals surface area contributed by atoms with Gasteiger partial charge in [-0.05, 0) is 47.9 Å². The second-order valence-electron chi connectivity index (χ2n) is 7.89. The molecule has 0 aliphatic carbocycles. The van der Waals surface area contributed by atoms with Crippen LogP contribution in [0.1, 0.15) is 86.6 Å². The number of benzene rings is 1. The lowest BCUT2D eigenvalue weighted by molar-refractivity contribution is -0.107. The zero-order chi connectivity index (χ0) is 21.6. The highest BCUT2D eigenvalue weighted by Crippen LogP contribution is 2.37. The Balaban J connectivity index is 2.90. The van der Waals surface area contributed by atoms with Crippen LogP contribution < -0.4 is 5.32 Å². The molecule has 1 aromatic carbocycles. The number of pyridine rings is 1. The van der Waals surface area contributed by atoms with Gasteiger partial charge in [0.05, 0.1) is 11.3 Å². The minimum atomic E-state index is -0.331. The topological polar surface area (TPSA) is 59.1 Å². The van der Waals surface area contributed by atoms with E-state index >= 15 is 0 Å². The van der Waals surface area contributed by atoms with E-state index in [1.807, 2.05) is 20.8 Å². The van der Waals surface area contributed by atoms with E-state index in [-0.39, 0.29) is 23.6 Å². The maximum absolute atomic E-state index is 13.6. The maximum atomic E-state index is 13.6. The first-order valence-corrected chi connectivity index (χ1v) is 10.4. The molecule has 5 heteroatoms. The molecular weight excluding hydrogens is 367 g/mol. The molecule has 4 nitrogen and oxygen atoms in total. The monoisotopic (exact) mass is 398 g/mol. The third-order valence-corrected chi connectivity index (χ3v) is 4.86. The highest BCUT2D eigenvalue weighted by Gasteiger charge is 2.27. The fourth-order valence-electron chi connectivity index (χ4n) is 3.50. The lowest BCUT2D eigenvalue weighted by atomic mass is 9.85. The molecule has 2 aromatic rings. The quantitative estimate of drug-likeness (QED) is 0.575. The molecule has 0 radical (unpaired) electrons. The van der Waals surface area contributed by atoms with Crippen LogP contribution in [-0.2, 0) is 11.2 Å². The minimum absolute atomic E-state index is 0.0363. The Bertz CT molecular complexity index is 858. The molecule has 1 aromatic heterocycles. The smallest absolute Gasteiger partial charge is 0.253 e. The molecule has 2 rings (SSSR count). The summed E-state index contributed by atoms with van der Waals surface area (Å²) in [7, 11) is 0. The molecule has 0 atom stereocenters. The maximum Gasteiger partial charge on any atom is 0.253 e. The molecule has 0 saturated carbocycles. The summed E-state index contributed by atoms with van der Waals surface area (Å²) in [6.07, 6.45) is 2.53. The molecule has 156 valence electrons. The van der Waals surface area contributed by atoms with E-state index in [0.29, 0.717) is 24.9 Å². The summed E-state index contributed by atoms with van der Waals surface area (Å²) < 4.78 is 13.6. The molecule has 0 aliphatic heterocycles. The van der Waals surface area contributed by atoms with Crippen LogP contribution in [0.15, 0.2) is 24.3 Å². The number of carbonyl (C=O) groups excluding carboxylic acids is 2. The van der Waals surface area contributed by atoms with Gasteiger partial charge in [-0.25, -0.2) is 4.39 Å². The molecule has 0 spiro atoms. The summed E-state index contributed by atoms with van der Waals surface area (Å²) in [5.74, 6) is -0.345. The molecule has 0 unspecified atom stereocenters. The second-order valence-corrected chi connectivity index (χ2v) is 7.89. The molecule has 1 heterocycles. The predicted octanol–water partition coefficient (Wildman–Crippen LogP) is 5.41. The average Bonchev–Trinajstić information content (AvgIpc) is 2.69. The Morgan fingerprint density at radius 3 is 2.24 bits per heavy atom. The van der Waals surface area contributed by atoms with Crippen molar-refractivity contribution in [3.05, 3.63) is 52.6 Å². The van der Waals surface area contributed by atoms with Crippen LogP contribution in [0.25, 0.3) is 11.1 Å². The van der Waals surface area contributed by atoms with Gasteiger partial charge >= 0.3 is 0 Å². The molecule has 1 amide bonds. The number of aldehydes is 1. The minimum Gasteiger partial charge on any atom is -0.352 e. The molecular formula is C24H31FN2O2. The zero-order valence-corrected chi connectivity index (χ0v) is 18.0. The number of hydrogen-bond donors (Lipinski definition) is 1. The van der Waals surface area contributed by atoms with Crippen LogP contribution in [0.2, 0.25) is 0 Å². The fourth-order valence-corrected chi connectivity index (χ4v) is 3.50. The van der Waals surface area contributed by atoms with Gasteiger partial charge in [-0.2, -0.15) is 0 Å². The van der Waals surface area contributed by atoms with Gasteiger partial charge in [0.2, 0.25) is 0 Å². The van der Waals surface area contributed by atoms with Crippen molar-refractivity contribution in [1.82, 2.24) is 10.3 Å². The molecule has 29 heavy (non-hydrogen) atoms. The van der Waals surface area contributed by atoms with Crippen molar-refractivity contribution >= 4 is 12.2 Å². The zero-order valence-electron chi connectivity index (χ0n) is 18.0. The summed E-state index contributed by atoms with van der Waals surface area (Å²) in [5.41, 5.74) is 4.58. The van der Waals surface area contributed by atoms with Crippen molar-refractivity contribution in [2.45, 2.75) is 65.7 Å². The summed E-state index contributed by atoms with van der Waals surface area (Å²) in [4.78, 5) is 29.2. The van der Waals surface area contributed by atoms with Crippen LogP contribution in [0.3, 0.4) is 0 Å². The highest BCUT2D eigenvalue weighted by atomic mass is 19.1. The number of hydrogen-bond acceptors (Lipinski definition) is 3. The van der Waals surface area contributed by atoms with Crippen LogP contribution in [0.5, 0.6) is 0 Å². The first kappa shape index (κ1) is 22.7. The summed E-state index contributed by atoms with van der Waals surface area (Å²) in [5, 5.41) is 2.97. The van der Waals surface area contributed by atoms with E-state index in [1.165, 1.54) is 12.1 Å². The standard InChI is InChI=1S/C24H31FN2O2/c1-6-13-26-24(29)21-20(17-9-11-18(25)12-10-17)19(8-7-14-28)22(15(2)3)27-23(21)16(4)5/h9-12,14-16H,6-8,13H2,1-5H3,(H,26,29). The second kappa shape index (κ2) is 10.3. The number of amides is 1. The van der Waals surface area contributed by atoms with Gasteiger partial charge in [0.15, 0.2) is 0 Å². The Labute approximate surface area is 172 Å². The number of nitrogens with zero attached hydrogens (tertiary/aromatic N) is 1. The van der Waals surface area contributed by atoms with Crippen LogP contribution >= 0.6 is 0 Å². The Morgan fingerprint density at radius 2 is 1.72 bits per heavy atom. The Kier molecular flexibility index (Phi) is 8.06. The van der Waals surface area contributed by atoms with Gasteiger partial charge in [0.25, 0.3) is 5.91 Å². The Hall–Kier alpha value is -2.56. The predicted molar refractivity (Wildman–Crippen MR) is 115 cm³/mol. The third kappa shape index (κ3) is 5.28. The lowest BCUT2D eigenvalue weighted by Gasteiger charge is -2.24. The summed E-state index contributed by atoms with van der Waals surface area (Å²) in [6.45, 7) is 10.7. The summed E-state index contributed by atoms with van der Waals surface area (Å²) >= 11 is 0. The van der Waals surface area contributed by atoms with Crippen molar-refractivity contribution in [1.29, 1.82) is 0 Å². The number of carbonyl (C=O) groups is 2. The first-order valence-electron chi connectivity index (χ1n) is 10.4. The van der Waals surface area contributed by atoms with E-state index in [1.54, 1.807) is 12.1 Å². The number of rotatable bonds is 9. The Morgan fingerprint density at radius 1 is 1.10 bits per heavy atom.